The molecule has 8 nitrogen and oxygen atoms in total. The van der Waals surface area contributed by atoms with Crippen molar-refractivity contribution in [2.75, 3.05) is 6.54 Å². The largest absolute Gasteiger partial charge is 0.485 e. The van der Waals surface area contributed by atoms with Gasteiger partial charge in [-0.05, 0) is 63.1 Å². The Morgan fingerprint density at radius 3 is 2.71 bits per heavy atom. The zero-order valence-corrected chi connectivity index (χ0v) is 21.5. The van der Waals surface area contributed by atoms with Crippen LogP contribution in [0.4, 0.5) is 8.78 Å². The molecule has 2 aliphatic heterocycles. The van der Waals surface area contributed by atoms with E-state index in [9.17, 15) is 9.18 Å². The number of nitrogens with zero attached hydrogens (tertiary/aromatic N) is 5. The first-order valence-electron chi connectivity index (χ1n) is 12.6. The molecule has 3 aromatic heterocycles. The summed E-state index contributed by atoms with van der Waals surface area (Å²) < 4.78 is 42.9. The van der Waals surface area contributed by atoms with Gasteiger partial charge in [0, 0.05) is 36.6 Å². The second kappa shape index (κ2) is 7.91. The summed E-state index contributed by atoms with van der Waals surface area (Å²) >= 11 is 0. The standard InChI is InChI=1S/C28H26F2N6O2/c1-14-11-21-26(15(2)24(14)29)38-13-22-17-7-8-31-16(3)23(17)27(36(21)22)35-10-9-34(28(35)37)20-6-5-19-18(25(20)30)12-32-33(19)4/h5-6,9-12,16,31H,7-8,13H2,1-4H3/t16-/m0/s1. The molecule has 0 saturated carbocycles. The molecule has 10 heteroatoms. The lowest BCUT2D eigenvalue weighted by Crippen LogP contribution is -2.30. The van der Waals surface area contributed by atoms with Gasteiger partial charge in [-0.1, -0.05) is 0 Å². The SMILES string of the molecule is Cc1cc2c(c(C)c1F)OCc1c3c(c(-n4ccn(-c5ccc6c(cnn6C)c5F)c4=O)n1-2)[C@H](C)NCC3. The minimum Gasteiger partial charge on any atom is -0.485 e. The van der Waals surface area contributed by atoms with E-state index in [4.69, 9.17) is 4.74 Å². The monoisotopic (exact) mass is 516 g/mol. The van der Waals surface area contributed by atoms with E-state index in [2.05, 4.69) is 17.3 Å². The molecule has 0 bridgehead atoms. The summed E-state index contributed by atoms with van der Waals surface area (Å²) in [6.45, 7) is 6.57. The number of rotatable bonds is 2. The molecule has 0 amide bonds. The van der Waals surface area contributed by atoms with Crippen LogP contribution in [0.3, 0.4) is 0 Å². The lowest BCUT2D eigenvalue weighted by molar-refractivity contribution is 0.279. The van der Waals surface area contributed by atoms with Gasteiger partial charge in [0.05, 0.1) is 34.2 Å². The highest BCUT2D eigenvalue weighted by Crippen LogP contribution is 2.43. The third kappa shape index (κ3) is 2.92. The number of imidazole rings is 1. The molecule has 0 fully saturated rings. The Labute approximate surface area is 216 Å². The summed E-state index contributed by atoms with van der Waals surface area (Å²) in [5.41, 5.74) is 5.08. The molecule has 0 spiro atoms. The van der Waals surface area contributed by atoms with Crippen molar-refractivity contribution in [2.45, 2.75) is 39.8 Å². The molecule has 0 aliphatic carbocycles. The van der Waals surface area contributed by atoms with Gasteiger partial charge in [0.25, 0.3) is 0 Å². The summed E-state index contributed by atoms with van der Waals surface area (Å²) in [5.74, 6) is 0.321. The number of hydrogen-bond acceptors (Lipinski definition) is 4. The minimum absolute atomic E-state index is 0.0309. The maximum Gasteiger partial charge on any atom is 0.338 e. The molecule has 5 heterocycles. The fourth-order valence-corrected chi connectivity index (χ4v) is 6.07. The van der Waals surface area contributed by atoms with Gasteiger partial charge in [0.15, 0.2) is 5.82 Å². The van der Waals surface area contributed by atoms with Crippen LogP contribution in [0.2, 0.25) is 0 Å². The number of fused-ring (bicyclic) bond motifs is 6. The van der Waals surface area contributed by atoms with Crippen LogP contribution in [0.5, 0.6) is 5.75 Å². The molecule has 194 valence electrons. The van der Waals surface area contributed by atoms with Crippen LogP contribution >= 0.6 is 0 Å². The number of hydrogen-bond donors (Lipinski definition) is 1. The maximum atomic E-state index is 15.5. The fraction of sp³-hybridized carbons (Fsp3) is 0.286. The number of halogens is 2. The van der Waals surface area contributed by atoms with Crippen LogP contribution in [0.15, 0.2) is 41.6 Å². The number of aromatic nitrogens is 5. The summed E-state index contributed by atoms with van der Waals surface area (Å²) in [4.78, 5) is 14.0. The van der Waals surface area contributed by atoms with E-state index in [0.29, 0.717) is 39.3 Å². The Morgan fingerprint density at radius 2 is 1.89 bits per heavy atom. The molecular formula is C28H26F2N6O2. The number of nitrogens with one attached hydrogen (secondary N) is 1. The predicted molar refractivity (Wildman–Crippen MR) is 139 cm³/mol. The molecule has 5 aromatic rings. The van der Waals surface area contributed by atoms with Crippen molar-refractivity contribution in [2.24, 2.45) is 7.05 Å². The Balaban J connectivity index is 1.51. The lowest BCUT2D eigenvalue weighted by Gasteiger charge is -2.25. The predicted octanol–water partition coefficient (Wildman–Crippen LogP) is 4.30. The average molecular weight is 517 g/mol. The molecule has 1 atom stereocenters. The normalized spacial score (nSPS) is 16.3. The van der Waals surface area contributed by atoms with Crippen LogP contribution < -0.4 is 15.7 Å². The summed E-state index contributed by atoms with van der Waals surface area (Å²) in [6, 6.07) is 5.09. The molecule has 0 saturated heterocycles. The quantitative estimate of drug-likeness (QED) is 0.380. The highest BCUT2D eigenvalue weighted by Gasteiger charge is 2.35. The van der Waals surface area contributed by atoms with E-state index in [1.807, 2.05) is 4.57 Å². The number of ether oxygens (including phenoxy) is 1. The van der Waals surface area contributed by atoms with E-state index in [-0.39, 0.29) is 24.2 Å². The van der Waals surface area contributed by atoms with Gasteiger partial charge in [-0.15, -0.1) is 0 Å². The highest BCUT2D eigenvalue weighted by atomic mass is 19.1. The lowest BCUT2D eigenvalue weighted by atomic mass is 9.97. The maximum absolute atomic E-state index is 15.5. The molecule has 0 unspecified atom stereocenters. The van der Waals surface area contributed by atoms with Gasteiger partial charge in [0.1, 0.15) is 24.0 Å². The average Bonchev–Trinajstić information content (AvgIpc) is 3.57. The van der Waals surface area contributed by atoms with E-state index < -0.39 is 11.5 Å². The van der Waals surface area contributed by atoms with E-state index in [0.717, 1.165) is 29.8 Å². The van der Waals surface area contributed by atoms with Crippen molar-refractivity contribution >= 4 is 10.9 Å². The summed E-state index contributed by atoms with van der Waals surface area (Å²) in [7, 11) is 1.75. The number of benzene rings is 2. The topological polar surface area (TPSA) is 70.9 Å². The molecule has 7 rings (SSSR count). The van der Waals surface area contributed by atoms with Gasteiger partial charge < -0.3 is 10.1 Å². The fourth-order valence-electron chi connectivity index (χ4n) is 6.07. The first kappa shape index (κ1) is 23.0. The zero-order chi connectivity index (χ0) is 26.5. The summed E-state index contributed by atoms with van der Waals surface area (Å²) in [6.07, 6.45) is 5.48. The second-order valence-electron chi connectivity index (χ2n) is 10.1. The third-order valence-electron chi connectivity index (χ3n) is 7.96. The summed E-state index contributed by atoms with van der Waals surface area (Å²) in [5, 5.41) is 7.98. The van der Waals surface area contributed by atoms with Crippen molar-refractivity contribution in [3.63, 3.8) is 0 Å². The van der Waals surface area contributed by atoms with E-state index in [1.165, 1.54) is 10.8 Å². The molecule has 2 aliphatic rings. The minimum atomic E-state index is -0.509. The van der Waals surface area contributed by atoms with Crippen molar-refractivity contribution in [3.8, 4) is 22.9 Å². The Kier molecular flexibility index (Phi) is 4.78. The van der Waals surface area contributed by atoms with Gasteiger partial charge in [-0.3, -0.25) is 18.4 Å². The van der Waals surface area contributed by atoms with E-state index in [1.54, 1.807) is 60.7 Å². The van der Waals surface area contributed by atoms with Crippen molar-refractivity contribution in [1.29, 1.82) is 0 Å². The van der Waals surface area contributed by atoms with Crippen molar-refractivity contribution < 1.29 is 13.5 Å². The van der Waals surface area contributed by atoms with Crippen molar-refractivity contribution in [1.82, 2.24) is 28.8 Å². The van der Waals surface area contributed by atoms with Gasteiger partial charge in [0.2, 0.25) is 0 Å². The van der Waals surface area contributed by atoms with E-state index >= 15 is 4.39 Å². The van der Waals surface area contributed by atoms with Crippen LogP contribution in [0.1, 0.15) is 40.9 Å². The molecule has 0 radical (unpaired) electrons. The molecule has 1 N–H and O–H groups in total. The first-order valence-corrected chi connectivity index (χ1v) is 12.6. The third-order valence-corrected chi connectivity index (χ3v) is 7.96. The highest BCUT2D eigenvalue weighted by molar-refractivity contribution is 5.81. The Hall–Kier alpha value is -4.18. The van der Waals surface area contributed by atoms with Gasteiger partial charge in [-0.25, -0.2) is 13.6 Å². The first-order chi connectivity index (χ1) is 18.3. The van der Waals surface area contributed by atoms with Crippen LogP contribution in [0.25, 0.3) is 28.1 Å². The molecule has 2 aromatic carbocycles. The smallest absolute Gasteiger partial charge is 0.338 e. The molecular weight excluding hydrogens is 490 g/mol. The van der Waals surface area contributed by atoms with Crippen LogP contribution in [-0.2, 0) is 20.1 Å². The van der Waals surface area contributed by atoms with Gasteiger partial charge >= 0.3 is 5.69 Å². The molecule has 38 heavy (non-hydrogen) atoms. The van der Waals surface area contributed by atoms with Gasteiger partial charge in [-0.2, -0.15) is 5.10 Å². The number of aryl methyl sites for hydroxylation is 2. The van der Waals surface area contributed by atoms with Crippen molar-refractivity contribution in [3.05, 3.63) is 86.9 Å². The second-order valence-corrected chi connectivity index (χ2v) is 10.1. The van der Waals surface area contributed by atoms with Crippen LogP contribution in [0, 0.1) is 25.5 Å². The van der Waals surface area contributed by atoms with Crippen LogP contribution in [-0.4, -0.2) is 30.0 Å². The zero-order valence-electron chi connectivity index (χ0n) is 21.5. The Morgan fingerprint density at radius 1 is 1.11 bits per heavy atom. The Bertz CT molecular complexity index is 1860.